The smallest absolute Gasteiger partial charge is 0.322 e. The van der Waals surface area contributed by atoms with Gasteiger partial charge in [0.2, 0.25) is 0 Å². The van der Waals surface area contributed by atoms with Gasteiger partial charge in [-0.05, 0) is 25.7 Å². The van der Waals surface area contributed by atoms with E-state index in [-0.39, 0.29) is 5.97 Å². The molecule has 1 rings (SSSR count). The number of hydrogen-bond donors (Lipinski definition) is 1. The molecule has 0 aromatic carbocycles. The molecule has 0 bridgehead atoms. The second-order valence-electron chi connectivity index (χ2n) is 3.32. The number of rotatable bonds is 4. The standard InChI is InChI=1S/C9H17NO3/c1-2-13-9(11)8(10)5-7-3-4-12-6-7/h7-8H,2-6,10H2,1H3/t7-,8+/m0/s1. The highest BCUT2D eigenvalue weighted by atomic mass is 16.5. The number of esters is 1. The van der Waals surface area contributed by atoms with Crippen molar-refractivity contribution in [2.24, 2.45) is 11.7 Å². The van der Waals surface area contributed by atoms with Crippen molar-refractivity contribution >= 4 is 5.97 Å². The molecule has 1 aliphatic heterocycles. The maximum Gasteiger partial charge on any atom is 0.322 e. The molecule has 4 nitrogen and oxygen atoms in total. The maximum absolute atomic E-state index is 11.1. The van der Waals surface area contributed by atoms with E-state index in [0.29, 0.717) is 18.9 Å². The summed E-state index contributed by atoms with van der Waals surface area (Å²) in [7, 11) is 0. The van der Waals surface area contributed by atoms with Crippen molar-refractivity contribution in [2.75, 3.05) is 19.8 Å². The van der Waals surface area contributed by atoms with Crippen molar-refractivity contribution < 1.29 is 14.3 Å². The lowest BCUT2D eigenvalue weighted by Gasteiger charge is -2.13. The average molecular weight is 187 g/mol. The first-order chi connectivity index (χ1) is 6.24. The van der Waals surface area contributed by atoms with E-state index in [2.05, 4.69) is 0 Å². The van der Waals surface area contributed by atoms with Gasteiger partial charge in [-0.1, -0.05) is 0 Å². The minimum atomic E-state index is -0.480. The Bertz CT molecular complexity index is 166. The molecule has 0 radical (unpaired) electrons. The predicted octanol–water partition coefficient (Wildman–Crippen LogP) is 0.303. The molecular formula is C9H17NO3. The van der Waals surface area contributed by atoms with Crippen LogP contribution in [0, 0.1) is 5.92 Å². The Hall–Kier alpha value is -0.610. The van der Waals surface area contributed by atoms with Crippen LogP contribution < -0.4 is 5.73 Å². The van der Waals surface area contributed by atoms with Gasteiger partial charge in [-0.3, -0.25) is 4.79 Å². The molecule has 1 fully saturated rings. The van der Waals surface area contributed by atoms with Gasteiger partial charge in [-0.2, -0.15) is 0 Å². The molecule has 1 aliphatic rings. The zero-order valence-electron chi connectivity index (χ0n) is 7.99. The number of hydrogen-bond acceptors (Lipinski definition) is 4. The van der Waals surface area contributed by atoms with E-state index in [9.17, 15) is 4.79 Å². The Balaban J connectivity index is 2.22. The lowest BCUT2D eigenvalue weighted by molar-refractivity contribution is -0.145. The first-order valence-corrected chi connectivity index (χ1v) is 4.74. The van der Waals surface area contributed by atoms with Crippen LogP contribution in [0.1, 0.15) is 19.8 Å². The molecule has 0 saturated carbocycles. The quantitative estimate of drug-likeness (QED) is 0.643. The Morgan fingerprint density at radius 1 is 1.77 bits per heavy atom. The summed E-state index contributed by atoms with van der Waals surface area (Å²) < 4.78 is 10.00. The molecule has 76 valence electrons. The third kappa shape index (κ3) is 3.32. The SMILES string of the molecule is CCOC(=O)[C@H](N)C[C@@H]1CCOC1. The van der Waals surface area contributed by atoms with Crippen LogP contribution in [0.15, 0.2) is 0 Å². The molecule has 1 saturated heterocycles. The van der Waals surface area contributed by atoms with Gasteiger partial charge in [0.15, 0.2) is 0 Å². The van der Waals surface area contributed by atoms with Crippen LogP contribution in [-0.2, 0) is 14.3 Å². The molecule has 2 N–H and O–H groups in total. The topological polar surface area (TPSA) is 61.5 Å². The van der Waals surface area contributed by atoms with Crippen LogP contribution >= 0.6 is 0 Å². The number of carbonyl (C=O) groups excluding carboxylic acids is 1. The fourth-order valence-electron chi connectivity index (χ4n) is 1.47. The zero-order valence-corrected chi connectivity index (χ0v) is 7.99. The van der Waals surface area contributed by atoms with Gasteiger partial charge in [0, 0.05) is 13.2 Å². The van der Waals surface area contributed by atoms with Gasteiger partial charge < -0.3 is 15.2 Å². The second-order valence-corrected chi connectivity index (χ2v) is 3.32. The molecule has 4 heteroatoms. The fraction of sp³-hybridized carbons (Fsp3) is 0.889. The molecule has 1 heterocycles. The van der Waals surface area contributed by atoms with Crippen molar-refractivity contribution in [3.63, 3.8) is 0 Å². The first-order valence-electron chi connectivity index (χ1n) is 4.74. The number of ether oxygens (including phenoxy) is 2. The molecule has 0 spiro atoms. The van der Waals surface area contributed by atoms with Crippen LogP contribution in [0.3, 0.4) is 0 Å². The molecule has 0 aliphatic carbocycles. The van der Waals surface area contributed by atoms with Crippen molar-refractivity contribution in [1.82, 2.24) is 0 Å². The fourth-order valence-corrected chi connectivity index (χ4v) is 1.47. The summed E-state index contributed by atoms with van der Waals surface area (Å²) in [6.45, 7) is 3.70. The number of nitrogens with two attached hydrogens (primary N) is 1. The van der Waals surface area contributed by atoms with Crippen molar-refractivity contribution in [2.45, 2.75) is 25.8 Å². The lowest BCUT2D eigenvalue weighted by Crippen LogP contribution is -2.34. The third-order valence-electron chi connectivity index (χ3n) is 2.20. The van der Waals surface area contributed by atoms with Gasteiger partial charge in [-0.25, -0.2) is 0 Å². The largest absolute Gasteiger partial charge is 0.465 e. The summed E-state index contributed by atoms with van der Waals surface area (Å²) in [5.74, 6) is 0.133. The van der Waals surface area contributed by atoms with Crippen molar-refractivity contribution in [1.29, 1.82) is 0 Å². The highest BCUT2D eigenvalue weighted by Crippen LogP contribution is 2.17. The van der Waals surface area contributed by atoms with E-state index in [1.165, 1.54) is 0 Å². The van der Waals surface area contributed by atoms with Crippen LogP contribution in [0.5, 0.6) is 0 Å². The lowest BCUT2D eigenvalue weighted by atomic mass is 10.00. The van der Waals surface area contributed by atoms with E-state index in [0.717, 1.165) is 19.6 Å². The van der Waals surface area contributed by atoms with Crippen LogP contribution in [0.2, 0.25) is 0 Å². The molecule has 0 aromatic heterocycles. The minimum absolute atomic E-state index is 0.297. The summed E-state index contributed by atoms with van der Waals surface area (Å²) in [4.78, 5) is 11.1. The summed E-state index contributed by atoms with van der Waals surface area (Å²) in [6, 6.07) is -0.480. The van der Waals surface area contributed by atoms with Gasteiger partial charge >= 0.3 is 5.97 Å². The van der Waals surface area contributed by atoms with E-state index in [4.69, 9.17) is 15.2 Å². The van der Waals surface area contributed by atoms with Crippen LogP contribution in [0.4, 0.5) is 0 Å². The molecule has 0 aromatic rings. The van der Waals surface area contributed by atoms with Gasteiger partial charge in [0.1, 0.15) is 6.04 Å². The number of carbonyl (C=O) groups is 1. The summed E-state index contributed by atoms with van der Waals surface area (Å²) in [5.41, 5.74) is 5.65. The van der Waals surface area contributed by atoms with Gasteiger partial charge in [0.25, 0.3) is 0 Å². The molecular weight excluding hydrogens is 170 g/mol. The molecule has 0 unspecified atom stereocenters. The van der Waals surface area contributed by atoms with Crippen LogP contribution in [0.25, 0.3) is 0 Å². The molecule has 0 amide bonds. The summed E-state index contributed by atoms with van der Waals surface area (Å²) >= 11 is 0. The second kappa shape index (κ2) is 5.19. The molecule has 13 heavy (non-hydrogen) atoms. The Morgan fingerprint density at radius 3 is 3.08 bits per heavy atom. The van der Waals surface area contributed by atoms with E-state index in [1.807, 2.05) is 0 Å². The summed E-state index contributed by atoms with van der Waals surface area (Å²) in [5, 5.41) is 0. The van der Waals surface area contributed by atoms with Gasteiger partial charge in [0.05, 0.1) is 6.61 Å². The van der Waals surface area contributed by atoms with Crippen molar-refractivity contribution in [3.05, 3.63) is 0 Å². The molecule has 2 atom stereocenters. The maximum atomic E-state index is 11.1. The van der Waals surface area contributed by atoms with Crippen molar-refractivity contribution in [3.8, 4) is 0 Å². The zero-order chi connectivity index (χ0) is 9.68. The first kappa shape index (κ1) is 10.5. The van der Waals surface area contributed by atoms with Crippen LogP contribution in [-0.4, -0.2) is 31.8 Å². The monoisotopic (exact) mass is 187 g/mol. The third-order valence-corrected chi connectivity index (χ3v) is 2.20. The van der Waals surface area contributed by atoms with E-state index < -0.39 is 6.04 Å². The van der Waals surface area contributed by atoms with E-state index >= 15 is 0 Å². The highest BCUT2D eigenvalue weighted by Gasteiger charge is 2.23. The Morgan fingerprint density at radius 2 is 2.54 bits per heavy atom. The average Bonchev–Trinajstić information content (AvgIpc) is 2.57. The predicted molar refractivity (Wildman–Crippen MR) is 48.2 cm³/mol. The van der Waals surface area contributed by atoms with E-state index in [1.54, 1.807) is 6.92 Å². The minimum Gasteiger partial charge on any atom is -0.465 e. The summed E-state index contributed by atoms with van der Waals surface area (Å²) in [6.07, 6.45) is 1.69. The van der Waals surface area contributed by atoms with Gasteiger partial charge in [-0.15, -0.1) is 0 Å². The highest BCUT2D eigenvalue weighted by molar-refractivity contribution is 5.75. The normalized spacial score (nSPS) is 24.3. The Labute approximate surface area is 78.4 Å². The Kier molecular flexibility index (Phi) is 4.18.